The maximum atomic E-state index is 11.7. The highest BCUT2D eigenvalue weighted by molar-refractivity contribution is 7.91. The lowest BCUT2D eigenvalue weighted by Crippen LogP contribution is -2.28. The SMILES string of the molecule is CCNC(CS(=O)(=O)CC)c1ccc(C)cc1. The number of hydrogen-bond donors (Lipinski definition) is 1. The summed E-state index contributed by atoms with van der Waals surface area (Å²) in [5, 5.41) is 3.23. The van der Waals surface area contributed by atoms with Crippen LogP contribution in [0.5, 0.6) is 0 Å². The summed E-state index contributed by atoms with van der Waals surface area (Å²) in [7, 11) is -2.96. The van der Waals surface area contributed by atoms with Crippen molar-refractivity contribution in [2.45, 2.75) is 26.8 Å². The van der Waals surface area contributed by atoms with Gasteiger partial charge >= 0.3 is 0 Å². The molecular formula is C13H21NO2S. The van der Waals surface area contributed by atoms with Crippen LogP contribution in [0.25, 0.3) is 0 Å². The van der Waals surface area contributed by atoms with E-state index in [1.807, 2.05) is 38.1 Å². The second-order valence-corrected chi connectivity index (χ2v) is 6.62. The normalized spacial score (nSPS) is 13.6. The first-order chi connectivity index (χ1) is 7.98. The van der Waals surface area contributed by atoms with Crippen molar-refractivity contribution in [1.29, 1.82) is 0 Å². The molecule has 1 aromatic carbocycles. The number of rotatable bonds is 6. The summed E-state index contributed by atoms with van der Waals surface area (Å²) in [5.41, 5.74) is 2.22. The van der Waals surface area contributed by atoms with E-state index in [1.54, 1.807) is 6.92 Å². The third-order valence-electron chi connectivity index (χ3n) is 2.79. The molecule has 0 spiro atoms. The molecule has 3 nitrogen and oxygen atoms in total. The Morgan fingerprint density at radius 1 is 1.18 bits per heavy atom. The molecule has 0 amide bonds. The molecule has 1 atom stereocenters. The molecule has 0 aliphatic heterocycles. The Bertz CT molecular complexity index is 437. The predicted octanol–water partition coefficient (Wildman–Crippen LogP) is 2.08. The molecule has 1 unspecified atom stereocenters. The van der Waals surface area contributed by atoms with Crippen molar-refractivity contribution in [3.63, 3.8) is 0 Å². The van der Waals surface area contributed by atoms with E-state index in [-0.39, 0.29) is 17.5 Å². The van der Waals surface area contributed by atoms with Crippen molar-refractivity contribution in [1.82, 2.24) is 5.32 Å². The lowest BCUT2D eigenvalue weighted by atomic mass is 10.1. The maximum absolute atomic E-state index is 11.7. The van der Waals surface area contributed by atoms with Gasteiger partial charge in [-0.15, -0.1) is 0 Å². The summed E-state index contributed by atoms with van der Waals surface area (Å²) in [6.45, 7) is 6.46. The molecule has 0 aliphatic carbocycles. The van der Waals surface area contributed by atoms with Gasteiger partial charge in [0, 0.05) is 11.8 Å². The fourth-order valence-electron chi connectivity index (χ4n) is 1.69. The minimum Gasteiger partial charge on any atom is -0.309 e. The Labute approximate surface area is 104 Å². The van der Waals surface area contributed by atoms with Crippen molar-refractivity contribution in [3.8, 4) is 0 Å². The second kappa shape index (κ2) is 6.17. The number of benzene rings is 1. The van der Waals surface area contributed by atoms with Crippen LogP contribution in [-0.4, -0.2) is 26.5 Å². The van der Waals surface area contributed by atoms with Crippen LogP contribution in [0.15, 0.2) is 24.3 Å². The molecule has 96 valence electrons. The van der Waals surface area contributed by atoms with Gasteiger partial charge in [0.05, 0.1) is 5.75 Å². The van der Waals surface area contributed by atoms with Gasteiger partial charge in [0.2, 0.25) is 0 Å². The third kappa shape index (κ3) is 4.48. The van der Waals surface area contributed by atoms with E-state index in [1.165, 1.54) is 5.56 Å². The summed E-state index contributed by atoms with van der Waals surface area (Å²) in [4.78, 5) is 0. The Morgan fingerprint density at radius 2 is 1.76 bits per heavy atom. The number of sulfone groups is 1. The zero-order chi connectivity index (χ0) is 12.9. The van der Waals surface area contributed by atoms with E-state index in [9.17, 15) is 8.42 Å². The molecule has 0 bridgehead atoms. The number of aryl methyl sites for hydroxylation is 1. The topological polar surface area (TPSA) is 46.2 Å². The van der Waals surface area contributed by atoms with Gasteiger partial charge in [-0.2, -0.15) is 0 Å². The zero-order valence-corrected chi connectivity index (χ0v) is 11.5. The molecule has 0 fully saturated rings. The molecule has 4 heteroatoms. The summed E-state index contributed by atoms with van der Waals surface area (Å²) in [6, 6.07) is 7.91. The Hall–Kier alpha value is -0.870. The predicted molar refractivity (Wildman–Crippen MR) is 71.9 cm³/mol. The van der Waals surface area contributed by atoms with Crippen LogP contribution < -0.4 is 5.32 Å². The average molecular weight is 255 g/mol. The van der Waals surface area contributed by atoms with E-state index in [4.69, 9.17) is 0 Å². The Morgan fingerprint density at radius 3 is 2.24 bits per heavy atom. The number of nitrogens with one attached hydrogen (secondary N) is 1. The molecule has 0 heterocycles. The molecule has 0 saturated heterocycles. The van der Waals surface area contributed by atoms with Gasteiger partial charge in [-0.1, -0.05) is 43.7 Å². The fraction of sp³-hybridized carbons (Fsp3) is 0.538. The summed E-state index contributed by atoms with van der Waals surface area (Å²) in [6.07, 6.45) is 0. The van der Waals surface area contributed by atoms with Crippen molar-refractivity contribution >= 4 is 9.84 Å². The summed E-state index contributed by atoms with van der Waals surface area (Å²) in [5.74, 6) is 0.362. The van der Waals surface area contributed by atoms with Crippen molar-refractivity contribution < 1.29 is 8.42 Å². The first-order valence-electron chi connectivity index (χ1n) is 5.99. The third-order valence-corrected chi connectivity index (χ3v) is 4.51. The van der Waals surface area contributed by atoms with Gasteiger partial charge in [0.25, 0.3) is 0 Å². The van der Waals surface area contributed by atoms with Gasteiger partial charge in [-0.3, -0.25) is 0 Å². The summed E-state index contributed by atoms with van der Waals surface area (Å²) < 4.78 is 23.4. The van der Waals surface area contributed by atoms with E-state index < -0.39 is 9.84 Å². The monoisotopic (exact) mass is 255 g/mol. The zero-order valence-electron chi connectivity index (χ0n) is 10.7. The fourth-order valence-corrected chi connectivity index (χ4v) is 2.74. The van der Waals surface area contributed by atoms with Crippen LogP contribution >= 0.6 is 0 Å². The number of hydrogen-bond acceptors (Lipinski definition) is 3. The van der Waals surface area contributed by atoms with Crippen LogP contribution in [0, 0.1) is 6.92 Å². The molecule has 1 aromatic rings. The van der Waals surface area contributed by atoms with Gasteiger partial charge in [0.1, 0.15) is 0 Å². The van der Waals surface area contributed by atoms with Gasteiger partial charge in [-0.25, -0.2) is 8.42 Å². The second-order valence-electron chi connectivity index (χ2n) is 4.22. The van der Waals surface area contributed by atoms with Crippen molar-refractivity contribution in [3.05, 3.63) is 35.4 Å². The smallest absolute Gasteiger partial charge is 0.151 e. The Balaban J connectivity index is 2.89. The highest BCUT2D eigenvalue weighted by Crippen LogP contribution is 2.16. The van der Waals surface area contributed by atoms with Crippen LogP contribution in [0.3, 0.4) is 0 Å². The first-order valence-corrected chi connectivity index (χ1v) is 7.81. The average Bonchev–Trinajstić information content (AvgIpc) is 2.29. The molecule has 17 heavy (non-hydrogen) atoms. The van der Waals surface area contributed by atoms with Crippen LogP contribution in [0.4, 0.5) is 0 Å². The molecule has 0 saturated carbocycles. The minimum absolute atomic E-state index is 0.106. The highest BCUT2D eigenvalue weighted by atomic mass is 32.2. The van der Waals surface area contributed by atoms with E-state index >= 15 is 0 Å². The van der Waals surface area contributed by atoms with Crippen molar-refractivity contribution in [2.24, 2.45) is 0 Å². The van der Waals surface area contributed by atoms with E-state index in [0.29, 0.717) is 0 Å². The van der Waals surface area contributed by atoms with E-state index in [0.717, 1.165) is 12.1 Å². The Kier molecular flexibility index (Phi) is 5.15. The standard InChI is InChI=1S/C13H21NO2S/c1-4-14-13(10-17(15,16)5-2)12-8-6-11(3)7-9-12/h6-9,13-14H,4-5,10H2,1-3H3. The molecule has 0 aromatic heterocycles. The molecular weight excluding hydrogens is 234 g/mol. The van der Waals surface area contributed by atoms with Crippen LogP contribution in [0.1, 0.15) is 31.0 Å². The molecule has 0 radical (unpaired) electrons. The van der Waals surface area contributed by atoms with Gasteiger partial charge in [-0.05, 0) is 19.0 Å². The molecule has 1 rings (SSSR count). The quantitative estimate of drug-likeness (QED) is 0.846. The van der Waals surface area contributed by atoms with Crippen LogP contribution in [-0.2, 0) is 9.84 Å². The van der Waals surface area contributed by atoms with Gasteiger partial charge < -0.3 is 5.32 Å². The summed E-state index contributed by atoms with van der Waals surface area (Å²) >= 11 is 0. The molecule has 0 aliphatic rings. The largest absolute Gasteiger partial charge is 0.309 e. The van der Waals surface area contributed by atoms with Crippen LogP contribution in [0.2, 0.25) is 0 Å². The highest BCUT2D eigenvalue weighted by Gasteiger charge is 2.18. The van der Waals surface area contributed by atoms with Gasteiger partial charge in [0.15, 0.2) is 9.84 Å². The minimum atomic E-state index is -2.96. The first kappa shape index (κ1) is 14.2. The van der Waals surface area contributed by atoms with Crippen molar-refractivity contribution in [2.75, 3.05) is 18.1 Å². The molecule has 1 N–H and O–H groups in total. The van der Waals surface area contributed by atoms with E-state index in [2.05, 4.69) is 5.32 Å². The lowest BCUT2D eigenvalue weighted by molar-refractivity contribution is 0.560. The lowest BCUT2D eigenvalue weighted by Gasteiger charge is -2.18. The maximum Gasteiger partial charge on any atom is 0.151 e.